The number of hydrogen-bond donors (Lipinski definition) is 0. The van der Waals surface area contributed by atoms with Crippen LogP contribution < -0.4 is 4.90 Å². The third kappa shape index (κ3) is 5.90. The monoisotopic (exact) mass is 581 g/mol. The van der Waals surface area contributed by atoms with Crippen molar-refractivity contribution in [2.24, 2.45) is 0 Å². The van der Waals surface area contributed by atoms with Crippen molar-refractivity contribution >= 4 is 40.7 Å². The lowest BCUT2D eigenvalue weighted by molar-refractivity contribution is -0.116. The molecule has 2 aliphatic heterocycles. The SMILES string of the molecule is CC(=O)N1CC2(CCN(CCC(CN(C)C(=O)c3ccccc3)c3ccc(Cl)c(Cl)c3)CC2)c2ccc(F)cc21. The van der Waals surface area contributed by atoms with Crippen LogP contribution in [0.3, 0.4) is 0 Å². The van der Waals surface area contributed by atoms with Crippen molar-refractivity contribution in [3.05, 3.63) is 99.3 Å². The predicted molar refractivity (Wildman–Crippen MR) is 159 cm³/mol. The van der Waals surface area contributed by atoms with Gasteiger partial charge in [0.1, 0.15) is 5.82 Å². The van der Waals surface area contributed by atoms with E-state index < -0.39 is 0 Å². The molecule has 0 N–H and O–H groups in total. The summed E-state index contributed by atoms with van der Waals surface area (Å²) >= 11 is 12.6. The number of likely N-dealkylation sites (tertiary alicyclic amines) is 1. The summed E-state index contributed by atoms with van der Waals surface area (Å²) in [6.07, 6.45) is 2.65. The number of benzene rings is 3. The largest absolute Gasteiger partial charge is 0.341 e. The summed E-state index contributed by atoms with van der Waals surface area (Å²) in [5, 5.41) is 1.02. The first-order valence-electron chi connectivity index (χ1n) is 13.7. The van der Waals surface area contributed by atoms with E-state index in [4.69, 9.17) is 23.2 Å². The number of amides is 2. The molecule has 1 spiro atoms. The van der Waals surface area contributed by atoms with Gasteiger partial charge in [0.25, 0.3) is 5.91 Å². The first kappa shape index (κ1) is 28.6. The number of piperidine rings is 1. The lowest BCUT2D eigenvalue weighted by Crippen LogP contribution is -2.46. The van der Waals surface area contributed by atoms with E-state index in [-0.39, 0.29) is 29.0 Å². The molecular weight excluding hydrogens is 548 g/mol. The van der Waals surface area contributed by atoms with Gasteiger partial charge in [-0.2, -0.15) is 0 Å². The number of carbonyl (C=O) groups is 2. The Bertz CT molecular complexity index is 1390. The van der Waals surface area contributed by atoms with Gasteiger partial charge in [0.2, 0.25) is 5.91 Å². The van der Waals surface area contributed by atoms with Crippen LogP contribution in [0.1, 0.15) is 53.6 Å². The van der Waals surface area contributed by atoms with Crippen molar-refractivity contribution < 1.29 is 14.0 Å². The third-order valence-electron chi connectivity index (χ3n) is 8.55. The highest BCUT2D eigenvalue weighted by Crippen LogP contribution is 2.47. The van der Waals surface area contributed by atoms with Crippen LogP contribution in [0.2, 0.25) is 10.0 Å². The Balaban J connectivity index is 1.27. The van der Waals surface area contributed by atoms with Gasteiger partial charge in [-0.1, -0.05) is 53.5 Å². The fraction of sp³-hybridized carbons (Fsp3) is 0.375. The number of likely N-dealkylation sites (N-methyl/N-ethyl adjacent to an activating group) is 1. The summed E-state index contributed by atoms with van der Waals surface area (Å²) in [5.41, 5.74) is 3.37. The quantitative estimate of drug-likeness (QED) is 0.309. The molecule has 5 rings (SSSR count). The highest BCUT2D eigenvalue weighted by Gasteiger charge is 2.45. The van der Waals surface area contributed by atoms with Crippen LogP contribution in [0.4, 0.5) is 10.1 Å². The molecule has 1 fully saturated rings. The maximum Gasteiger partial charge on any atom is 0.253 e. The van der Waals surface area contributed by atoms with Gasteiger partial charge in [-0.25, -0.2) is 4.39 Å². The van der Waals surface area contributed by atoms with E-state index in [1.165, 1.54) is 12.1 Å². The highest BCUT2D eigenvalue weighted by molar-refractivity contribution is 6.42. The molecule has 0 saturated carbocycles. The molecule has 2 heterocycles. The molecule has 5 nitrogen and oxygen atoms in total. The van der Waals surface area contributed by atoms with E-state index in [0.29, 0.717) is 34.4 Å². The van der Waals surface area contributed by atoms with E-state index >= 15 is 0 Å². The molecule has 1 saturated heterocycles. The molecule has 3 aromatic carbocycles. The Hall–Kier alpha value is -2.93. The van der Waals surface area contributed by atoms with Crippen molar-refractivity contribution in [1.29, 1.82) is 0 Å². The molecule has 1 unspecified atom stereocenters. The van der Waals surface area contributed by atoms with Crippen LogP contribution in [-0.2, 0) is 10.2 Å². The summed E-state index contributed by atoms with van der Waals surface area (Å²) in [6, 6.07) is 19.9. The van der Waals surface area contributed by atoms with Crippen molar-refractivity contribution in [1.82, 2.24) is 9.80 Å². The van der Waals surface area contributed by atoms with Gasteiger partial charge in [0.05, 0.1) is 15.7 Å². The standard InChI is InChI=1S/C32H34Cl2FN3O2/c1-22(39)38-21-32(27-10-9-26(35)19-30(27)38)13-16-37(17-14-32)15-12-25(24-8-11-28(33)29(34)18-24)20-36(2)31(40)23-6-4-3-5-7-23/h3-11,18-19,25H,12-17,20-21H2,1-2H3. The van der Waals surface area contributed by atoms with Crippen molar-refractivity contribution in [3.63, 3.8) is 0 Å². The Morgan fingerprint density at radius 2 is 1.73 bits per heavy atom. The van der Waals surface area contributed by atoms with Gasteiger partial charge in [-0.05, 0) is 86.4 Å². The first-order chi connectivity index (χ1) is 19.2. The summed E-state index contributed by atoms with van der Waals surface area (Å²) in [6.45, 7) is 5.33. The second-order valence-corrected chi connectivity index (χ2v) is 11.9. The molecule has 2 amide bonds. The first-order valence-corrected chi connectivity index (χ1v) is 14.5. The Morgan fingerprint density at radius 3 is 2.40 bits per heavy atom. The van der Waals surface area contributed by atoms with Crippen molar-refractivity contribution in [3.8, 4) is 0 Å². The average Bonchev–Trinajstić information content (AvgIpc) is 3.26. The average molecular weight is 583 g/mol. The molecule has 3 aromatic rings. The van der Waals surface area contributed by atoms with Crippen LogP contribution in [0.5, 0.6) is 0 Å². The van der Waals surface area contributed by atoms with Gasteiger partial charge in [0, 0.05) is 44.0 Å². The number of fused-ring (bicyclic) bond motifs is 2. The predicted octanol–water partition coefficient (Wildman–Crippen LogP) is 6.78. The lowest BCUT2D eigenvalue weighted by Gasteiger charge is -2.40. The Labute approximate surface area is 245 Å². The highest BCUT2D eigenvalue weighted by atomic mass is 35.5. The number of halogens is 3. The van der Waals surface area contributed by atoms with Crippen LogP contribution in [0.15, 0.2) is 66.7 Å². The van der Waals surface area contributed by atoms with E-state index in [0.717, 1.165) is 50.0 Å². The number of carbonyl (C=O) groups excluding carboxylic acids is 2. The molecule has 8 heteroatoms. The van der Waals surface area contributed by atoms with Gasteiger partial charge in [0.15, 0.2) is 0 Å². The minimum atomic E-state index is -0.316. The maximum atomic E-state index is 14.0. The van der Waals surface area contributed by atoms with Crippen molar-refractivity contribution in [2.45, 2.75) is 37.5 Å². The molecule has 40 heavy (non-hydrogen) atoms. The minimum absolute atomic E-state index is 0.0167. The van der Waals surface area contributed by atoms with Crippen LogP contribution in [0, 0.1) is 5.82 Å². The van der Waals surface area contributed by atoms with E-state index in [2.05, 4.69) is 4.90 Å². The molecular formula is C32H34Cl2FN3O2. The Kier molecular flexibility index (Phi) is 8.50. The summed E-state index contributed by atoms with van der Waals surface area (Å²) < 4.78 is 14.0. The van der Waals surface area contributed by atoms with E-state index in [1.807, 2.05) is 61.6 Å². The smallest absolute Gasteiger partial charge is 0.253 e. The van der Waals surface area contributed by atoms with Gasteiger partial charge >= 0.3 is 0 Å². The third-order valence-corrected chi connectivity index (χ3v) is 9.29. The molecule has 0 aliphatic carbocycles. The van der Waals surface area contributed by atoms with Crippen LogP contribution in [-0.4, -0.2) is 61.4 Å². The lowest BCUT2D eigenvalue weighted by atomic mass is 9.74. The van der Waals surface area contributed by atoms with Crippen molar-refractivity contribution in [2.75, 3.05) is 44.7 Å². The number of rotatable bonds is 7. The molecule has 210 valence electrons. The van der Waals surface area contributed by atoms with Crippen LogP contribution >= 0.6 is 23.2 Å². The topological polar surface area (TPSA) is 43.9 Å². The summed E-state index contributed by atoms with van der Waals surface area (Å²) in [5.74, 6) is -0.308. The molecule has 0 bridgehead atoms. The normalized spacial score (nSPS) is 17.1. The molecule has 0 radical (unpaired) electrons. The van der Waals surface area contributed by atoms with Gasteiger partial charge in [-0.15, -0.1) is 0 Å². The zero-order valence-electron chi connectivity index (χ0n) is 22.9. The molecule has 2 aliphatic rings. The zero-order valence-corrected chi connectivity index (χ0v) is 24.4. The number of hydrogen-bond acceptors (Lipinski definition) is 3. The number of nitrogens with zero attached hydrogens (tertiary/aromatic N) is 3. The zero-order chi connectivity index (χ0) is 28.4. The van der Waals surface area contributed by atoms with Gasteiger partial charge < -0.3 is 14.7 Å². The van der Waals surface area contributed by atoms with Crippen LogP contribution in [0.25, 0.3) is 0 Å². The van der Waals surface area contributed by atoms with E-state index in [9.17, 15) is 14.0 Å². The molecule has 1 atom stereocenters. The maximum absolute atomic E-state index is 14.0. The molecule has 0 aromatic heterocycles. The summed E-state index contributed by atoms with van der Waals surface area (Å²) in [4.78, 5) is 31.4. The summed E-state index contributed by atoms with van der Waals surface area (Å²) in [7, 11) is 1.84. The van der Waals surface area contributed by atoms with E-state index in [1.54, 1.807) is 16.7 Å². The fourth-order valence-electron chi connectivity index (χ4n) is 6.25. The Morgan fingerprint density at radius 1 is 1.00 bits per heavy atom. The minimum Gasteiger partial charge on any atom is -0.341 e. The van der Waals surface area contributed by atoms with Gasteiger partial charge in [-0.3, -0.25) is 9.59 Å². The number of anilines is 1. The second-order valence-electron chi connectivity index (χ2n) is 11.1. The fourth-order valence-corrected chi connectivity index (χ4v) is 6.55. The second kappa shape index (κ2) is 11.9.